The van der Waals surface area contributed by atoms with Crippen LogP contribution in [0.1, 0.15) is 29.3 Å². The molecule has 1 aromatic carbocycles. The van der Waals surface area contributed by atoms with Gasteiger partial charge in [-0.1, -0.05) is 24.6 Å². The van der Waals surface area contributed by atoms with E-state index in [1.54, 1.807) is 0 Å². The highest BCUT2D eigenvalue weighted by Gasteiger charge is 2.28. The van der Waals surface area contributed by atoms with E-state index in [2.05, 4.69) is 6.92 Å². The first-order valence-electron chi connectivity index (χ1n) is 6.68. The monoisotopic (exact) mass is 246 g/mol. The van der Waals surface area contributed by atoms with E-state index in [1.807, 2.05) is 36.1 Å². The lowest BCUT2D eigenvalue weighted by molar-refractivity contribution is 0.0618. The summed E-state index contributed by atoms with van der Waals surface area (Å²) in [5.74, 6) is 1.20. The molecule has 3 nitrogen and oxygen atoms in total. The van der Waals surface area contributed by atoms with Crippen molar-refractivity contribution in [2.45, 2.75) is 20.3 Å². The average molecular weight is 246 g/mol. The maximum Gasteiger partial charge on any atom is 0.253 e. The Kier molecular flexibility index (Phi) is 4.02. The predicted molar refractivity (Wildman–Crippen MR) is 73.4 cm³/mol. The second-order valence-corrected chi connectivity index (χ2v) is 5.38. The van der Waals surface area contributed by atoms with Crippen molar-refractivity contribution in [2.75, 3.05) is 19.6 Å². The largest absolute Gasteiger partial charge is 0.338 e. The summed E-state index contributed by atoms with van der Waals surface area (Å²) in [4.78, 5) is 14.4. The number of hydrogen-bond donors (Lipinski definition) is 1. The number of nitrogens with two attached hydrogens (primary N) is 1. The van der Waals surface area contributed by atoms with Crippen LogP contribution in [0.2, 0.25) is 0 Å². The van der Waals surface area contributed by atoms with E-state index >= 15 is 0 Å². The zero-order valence-electron chi connectivity index (χ0n) is 11.2. The Morgan fingerprint density at radius 1 is 1.50 bits per heavy atom. The van der Waals surface area contributed by atoms with Crippen molar-refractivity contribution in [3.63, 3.8) is 0 Å². The first kappa shape index (κ1) is 13.1. The number of carbonyl (C=O) groups is 1. The molecule has 2 N–H and O–H groups in total. The van der Waals surface area contributed by atoms with E-state index in [0.717, 1.165) is 30.6 Å². The molecule has 3 heteroatoms. The van der Waals surface area contributed by atoms with E-state index in [9.17, 15) is 4.79 Å². The van der Waals surface area contributed by atoms with Gasteiger partial charge in [-0.15, -0.1) is 0 Å². The number of nitrogens with zero attached hydrogens (tertiary/aromatic N) is 1. The first-order valence-corrected chi connectivity index (χ1v) is 6.68. The second-order valence-electron chi connectivity index (χ2n) is 5.38. The molecule has 0 saturated carbocycles. The lowest BCUT2D eigenvalue weighted by Gasteiger charge is -2.36. The Morgan fingerprint density at radius 3 is 2.94 bits per heavy atom. The molecule has 1 aromatic rings. The predicted octanol–water partition coefficient (Wildman–Crippen LogP) is 2.05. The van der Waals surface area contributed by atoms with Gasteiger partial charge in [-0.2, -0.15) is 0 Å². The number of rotatable bonds is 2. The highest BCUT2D eigenvalue weighted by Crippen LogP contribution is 2.23. The van der Waals surface area contributed by atoms with Crippen molar-refractivity contribution in [1.82, 2.24) is 4.90 Å². The normalized spacial score (nSPS) is 24.1. The van der Waals surface area contributed by atoms with Crippen molar-refractivity contribution in [2.24, 2.45) is 17.6 Å². The van der Waals surface area contributed by atoms with Crippen molar-refractivity contribution < 1.29 is 4.79 Å². The Morgan fingerprint density at radius 2 is 2.28 bits per heavy atom. The van der Waals surface area contributed by atoms with Gasteiger partial charge < -0.3 is 10.6 Å². The number of amides is 1. The summed E-state index contributed by atoms with van der Waals surface area (Å²) < 4.78 is 0. The third-order valence-corrected chi connectivity index (χ3v) is 3.97. The fourth-order valence-electron chi connectivity index (χ4n) is 2.60. The molecular formula is C15H22N2O. The molecule has 1 amide bonds. The van der Waals surface area contributed by atoms with Crippen LogP contribution in [0.3, 0.4) is 0 Å². The van der Waals surface area contributed by atoms with Gasteiger partial charge in [0.2, 0.25) is 0 Å². The molecule has 1 fully saturated rings. The van der Waals surface area contributed by atoms with Crippen LogP contribution in [0.5, 0.6) is 0 Å². The van der Waals surface area contributed by atoms with Crippen molar-refractivity contribution in [3.05, 3.63) is 35.4 Å². The van der Waals surface area contributed by atoms with Crippen LogP contribution in [0, 0.1) is 18.8 Å². The van der Waals surface area contributed by atoms with Gasteiger partial charge >= 0.3 is 0 Å². The van der Waals surface area contributed by atoms with Crippen LogP contribution in [-0.2, 0) is 0 Å². The number of hydrogen-bond acceptors (Lipinski definition) is 2. The Bertz CT molecular complexity index is 430. The lowest BCUT2D eigenvalue weighted by Crippen LogP contribution is -2.45. The van der Waals surface area contributed by atoms with Crippen LogP contribution < -0.4 is 5.73 Å². The summed E-state index contributed by atoms with van der Waals surface area (Å²) >= 11 is 0. The van der Waals surface area contributed by atoms with Crippen molar-refractivity contribution in [1.29, 1.82) is 0 Å². The summed E-state index contributed by atoms with van der Waals surface area (Å²) in [7, 11) is 0. The third kappa shape index (κ3) is 2.72. The zero-order valence-corrected chi connectivity index (χ0v) is 11.2. The van der Waals surface area contributed by atoms with E-state index in [0.29, 0.717) is 18.4 Å². The standard InChI is InChI=1S/C15H22N2O/c1-11-4-3-5-13(8-11)15(18)17-7-6-12(2)14(9-16)10-17/h3-5,8,12,14H,6-7,9-10,16H2,1-2H3. The van der Waals surface area contributed by atoms with E-state index < -0.39 is 0 Å². The molecule has 2 atom stereocenters. The minimum Gasteiger partial charge on any atom is -0.338 e. The Labute approximate surface area is 109 Å². The van der Waals surface area contributed by atoms with Gasteiger partial charge in [0.05, 0.1) is 0 Å². The van der Waals surface area contributed by atoms with Gasteiger partial charge in [0.1, 0.15) is 0 Å². The summed E-state index contributed by atoms with van der Waals surface area (Å²) in [6.45, 7) is 6.55. The van der Waals surface area contributed by atoms with Crippen LogP contribution in [-0.4, -0.2) is 30.4 Å². The molecular weight excluding hydrogens is 224 g/mol. The summed E-state index contributed by atoms with van der Waals surface area (Å²) in [6.07, 6.45) is 1.05. The molecule has 98 valence electrons. The number of carbonyl (C=O) groups excluding carboxylic acids is 1. The van der Waals surface area contributed by atoms with Gasteiger partial charge in [0, 0.05) is 18.7 Å². The van der Waals surface area contributed by atoms with E-state index in [1.165, 1.54) is 0 Å². The number of aryl methyl sites for hydroxylation is 1. The number of benzene rings is 1. The molecule has 1 heterocycles. The Hall–Kier alpha value is -1.35. The number of likely N-dealkylation sites (tertiary alicyclic amines) is 1. The third-order valence-electron chi connectivity index (χ3n) is 3.97. The topological polar surface area (TPSA) is 46.3 Å². The maximum absolute atomic E-state index is 12.4. The van der Waals surface area contributed by atoms with Gasteiger partial charge in [-0.05, 0) is 43.9 Å². The van der Waals surface area contributed by atoms with Gasteiger partial charge in [0.15, 0.2) is 0 Å². The average Bonchev–Trinajstić information content (AvgIpc) is 2.38. The van der Waals surface area contributed by atoms with Crippen LogP contribution in [0.25, 0.3) is 0 Å². The Balaban J connectivity index is 2.10. The van der Waals surface area contributed by atoms with E-state index in [-0.39, 0.29) is 5.91 Å². The molecule has 1 aliphatic heterocycles. The minimum atomic E-state index is 0.143. The molecule has 18 heavy (non-hydrogen) atoms. The van der Waals surface area contributed by atoms with Crippen LogP contribution in [0.15, 0.2) is 24.3 Å². The van der Waals surface area contributed by atoms with Crippen LogP contribution in [0.4, 0.5) is 0 Å². The highest BCUT2D eigenvalue weighted by molar-refractivity contribution is 5.94. The number of piperidine rings is 1. The smallest absolute Gasteiger partial charge is 0.253 e. The molecule has 2 rings (SSSR count). The minimum absolute atomic E-state index is 0.143. The zero-order chi connectivity index (χ0) is 13.1. The van der Waals surface area contributed by atoms with Crippen molar-refractivity contribution >= 4 is 5.91 Å². The van der Waals surface area contributed by atoms with E-state index in [4.69, 9.17) is 5.73 Å². The lowest BCUT2D eigenvalue weighted by atomic mass is 9.87. The SMILES string of the molecule is Cc1cccc(C(=O)N2CCC(C)C(CN)C2)c1. The van der Waals surface area contributed by atoms with Gasteiger partial charge in [-0.3, -0.25) is 4.79 Å². The fraction of sp³-hybridized carbons (Fsp3) is 0.533. The van der Waals surface area contributed by atoms with Gasteiger partial charge in [-0.25, -0.2) is 0 Å². The van der Waals surface area contributed by atoms with Gasteiger partial charge in [0.25, 0.3) is 5.91 Å². The molecule has 1 saturated heterocycles. The fourth-order valence-corrected chi connectivity index (χ4v) is 2.60. The first-order chi connectivity index (χ1) is 8.61. The second kappa shape index (κ2) is 5.53. The molecule has 0 bridgehead atoms. The summed E-state index contributed by atoms with van der Waals surface area (Å²) in [5.41, 5.74) is 7.70. The molecule has 0 aromatic heterocycles. The highest BCUT2D eigenvalue weighted by atomic mass is 16.2. The summed E-state index contributed by atoms with van der Waals surface area (Å²) in [5, 5.41) is 0. The van der Waals surface area contributed by atoms with Crippen LogP contribution >= 0.6 is 0 Å². The maximum atomic E-state index is 12.4. The molecule has 0 spiro atoms. The molecule has 0 aliphatic carbocycles. The van der Waals surface area contributed by atoms with Crippen molar-refractivity contribution in [3.8, 4) is 0 Å². The summed E-state index contributed by atoms with van der Waals surface area (Å²) in [6, 6.07) is 7.80. The molecule has 2 unspecified atom stereocenters. The molecule has 1 aliphatic rings. The quantitative estimate of drug-likeness (QED) is 0.868. The molecule has 0 radical (unpaired) electrons.